The zero-order valence-electron chi connectivity index (χ0n) is 18.3. The van der Waals surface area contributed by atoms with Crippen molar-refractivity contribution in [2.45, 2.75) is 40.0 Å². The number of nitrogens with zero attached hydrogens (tertiary/aromatic N) is 3. The molecule has 0 aliphatic heterocycles. The number of ether oxygens (including phenoxy) is 3. The average Bonchev–Trinajstić information content (AvgIpc) is 2.99. The second-order valence-corrected chi connectivity index (χ2v) is 6.78. The lowest BCUT2D eigenvalue weighted by atomic mass is 10.2. The lowest BCUT2D eigenvalue weighted by Crippen LogP contribution is -2.41. The van der Waals surface area contributed by atoms with Crippen LogP contribution in [-0.4, -0.2) is 56.3 Å². The SMILES string of the molecule is CN=C(NCc1c(C)nn(CCOC)c1C)NCC(C)Oc1cccc(OC)c1. The number of benzene rings is 1. The van der Waals surface area contributed by atoms with E-state index in [1.54, 1.807) is 21.3 Å². The largest absolute Gasteiger partial charge is 0.497 e. The molecule has 1 aromatic heterocycles. The van der Waals surface area contributed by atoms with E-state index in [9.17, 15) is 0 Å². The molecule has 0 spiro atoms. The summed E-state index contributed by atoms with van der Waals surface area (Å²) in [5.74, 6) is 2.27. The Morgan fingerprint density at radius 2 is 1.97 bits per heavy atom. The van der Waals surface area contributed by atoms with Crippen LogP contribution in [0.25, 0.3) is 0 Å². The maximum Gasteiger partial charge on any atom is 0.191 e. The molecule has 0 bridgehead atoms. The highest BCUT2D eigenvalue weighted by atomic mass is 16.5. The van der Waals surface area contributed by atoms with Crippen LogP contribution in [0.3, 0.4) is 0 Å². The third-order valence-corrected chi connectivity index (χ3v) is 4.63. The first-order valence-corrected chi connectivity index (χ1v) is 9.75. The fourth-order valence-electron chi connectivity index (χ4n) is 2.97. The van der Waals surface area contributed by atoms with Crippen LogP contribution in [-0.2, 0) is 17.8 Å². The van der Waals surface area contributed by atoms with Gasteiger partial charge in [0, 0.05) is 38.0 Å². The molecule has 0 aliphatic rings. The van der Waals surface area contributed by atoms with Gasteiger partial charge in [-0.25, -0.2) is 0 Å². The van der Waals surface area contributed by atoms with Crippen molar-refractivity contribution in [3.05, 3.63) is 41.2 Å². The number of aliphatic imine (C=N–C) groups is 1. The van der Waals surface area contributed by atoms with Gasteiger partial charge in [-0.1, -0.05) is 6.07 Å². The maximum atomic E-state index is 5.94. The summed E-state index contributed by atoms with van der Waals surface area (Å²) in [4.78, 5) is 4.30. The Kier molecular flexibility index (Phi) is 8.79. The van der Waals surface area contributed by atoms with Gasteiger partial charge in [-0.15, -0.1) is 0 Å². The minimum Gasteiger partial charge on any atom is -0.497 e. The van der Waals surface area contributed by atoms with Crippen LogP contribution in [0.5, 0.6) is 11.5 Å². The second-order valence-electron chi connectivity index (χ2n) is 6.78. The molecule has 1 aromatic carbocycles. The van der Waals surface area contributed by atoms with E-state index in [-0.39, 0.29) is 6.10 Å². The number of aryl methyl sites for hydroxylation is 1. The van der Waals surface area contributed by atoms with Gasteiger partial charge in [0.15, 0.2) is 5.96 Å². The first-order valence-electron chi connectivity index (χ1n) is 9.75. The van der Waals surface area contributed by atoms with Crippen LogP contribution in [0, 0.1) is 13.8 Å². The molecular weight excluding hydrogens is 370 g/mol. The molecule has 0 amide bonds. The quantitative estimate of drug-likeness (QED) is 0.468. The topological polar surface area (TPSA) is 81.9 Å². The van der Waals surface area contributed by atoms with E-state index in [2.05, 4.69) is 27.6 Å². The highest BCUT2D eigenvalue weighted by molar-refractivity contribution is 5.79. The number of hydrogen-bond donors (Lipinski definition) is 2. The Bertz CT molecular complexity index is 804. The third-order valence-electron chi connectivity index (χ3n) is 4.63. The first-order chi connectivity index (χ1) is 14.0. The van der Waals surface area contributed by atoms with Crippen molar-refractivity contribution in [1.82, 2.24) is 20.4 Å². The molecule has 0 radical (unpaired) electrons. The summed E-state index contributed by atoms with van der Waals surface area (Å²) in [6, 6.07) is 7.59. The molecule has 0 aliphatic carbocycles. The van der Waals surface area contributed by atoms with E-state index < -0.39 is 0 Å². The van der Waals surface area contributed by atoms with Gasteiger partial charge in [-0.2, -0.15) is 5.10 Å². The Morgan fingerprint density at radius 3 is 2.66 bits per heavy atom. The lowest BCUT2D eigenvalue weighted by Gasteiger charge is -2.18. The summed E-state index contributed by atoms with van der Waals surface area (Å²) in [6.45, 7) is 8.75. The van der Waals surface area contributed by atoms with Gasteiger partial charge < -0.3 is 24.8 Å². The molecule has 2 rings (SSSR count). The molecule has 0 saturated carbocycles. The molecule has 8 nitrogen and oxygen atoms in total. The fraction of sp³-hybridized carbons (Fsp3) is 0.524. The highest BCUT2D eigenvalue weighted by Crippen LogP contribution is 2.19. The van der Waals surface area contributed by atoms with Crippen molar-refractivity contribution < 1.29 is 14.2 Å². The van der Waals surface area contributed by atoms with Gasteiger partial charge >= 0.3 is 0 Å². The average molecular weight is 404 g/mol. The van der Waals surface area contributed by atoms with Crippen LogP contribution in [0.2, 0.25) is 0 Å². The molecule has 160 valence electrons. The molecule has 0 fully saturated rings. The summed E-state index contributed by atoms with van der Waals surface area (Å²) >= 11 is 0. The van der Waals surface area contributed by atoms with Crippen LogP contribution in [0.15, 0.2) is 29.3 Å². The molecule has 1 unspecified atom stereocenters. The van der Waals surface area contributed by atoms with Crippen molar-refractivity contribution in [3.63, 3.8) is 0 Å². The van der Waals surface area contributed by atoms with Crippen LogP contribution >= 0.6 is 0 Å². The number of aromatic nitrogens is 2. The minimum atomic E-state index is -0.0408. The number of nitrogens with one attached hydrogen (secondary N) is 2. The summed E-state index contributed by atoms with van der Waals surface area (Å²) in [6.07, 6.45) is -0.0408. The number of rotatable bonds is 10. The first kappa shape index (κ1) is 22.5. The van der Waals surface area contributed by atoms with Crippen molar-refractivity contribution in [1.29, 1.82) is 0 Å². The van der Waals surface area contributed by atoms with E-state index in [0.717, 1.165) is 35.4 Å². The zero-order valence-corrected chi connectivity index (χ0v) is 18.3. The highest BCUT2D eigenvalue weighted by Gasteiger charge is 2.12. The Hall–Kier alpha value is -2.74. The Balaban J connectivity index is 1.85. The molecule has 1 atom stereocenters. The van der Waals surface area contributed by atoms with Crippen LogP contribution in [0.1, 0.15) is 23.9 Å². The molecular formula is C21H33N5O3. The number of guanidine groups is 1. The van der Waals surface area contributed by atoms with Crippen molar-refractivity contribution in [3.8, 4) is 11.5 Å². The lowest BCUT2D eigenvalue weighted by molar-refractivity contribution is 0.182. The van der Waals surface area contributed by atoms with Gasteiger partial charge in [-0.3, -0.25) is 9.67 Å². The van der Waals surface area contributed by atoms with E-state index in [4.69, 9.17) is 14.2 Å². The third kappa shape index (κ3) is 6.67. The van der Waals surface area contributed by atoms with Gasteiger partial charge in [0.05, 0.1) is 32.5 Å². The number of methoxy groups -OCH3 is 2. The molecule has 29 heavy (non-hydrogen) atoms. The summed E-state index contributed by atoms with van der Waals surface area (Å²) in [5, 5.41) is 11.2. The standard InChI is InChI=1S/C21H33N5O3/c1-15(29-19-9-7-8-18(12-19)28-6)13-23-21(22-4)24-14-20-16(2)25-26(17(20)3)10-11-27-5/h7-9,12,15H,10-11,13-14H2,1-6H3,(H2,22,23,24). The van der Waals surface area contributed by atoms with E-state index in [0.29, 0.717) is 19.7 Å². The Labute approximate surface area is 173 Å². The fourth-order valence-corrected chi connectivity index (χ4v) is 2.97. The summed E-state index contributed by atoms with van der Waals surface area (Å²) in [7, 11) is 5.10. The second kappa shape index (κ2) is 11.3. The van der Waals surface area contributed by atoms with Crippen molar-refractivity contribution in [2.75, 3.05) is 34.4 Å². The molecule has 2 aromatic rings. The van der Waals surface area contributed by atoms with Crippen molar-refractivity contribution >= 4 is 5.96 Å². The van der Waals surface area contributed by atoms with Gasteiger partial charge in [0.25, 0.3) is 0 Å². The Morgan fingerprint density at radius 1 is 1.21 bits per heavy atom. The molecule has 1 heterocycles. The molecule has 0 saturated heterocycles. The maximum absolute atomic E-state index is 5.94. The predicted octanol–water partition coefficient (Wildman–Crippen LogP) is 2.29. The van der Waals surface area contributed by atoms with Gasteiger partial charge in [0.2, 0.25) is 0 Å². The smallest absolute Gasteiger partial charge is 0.191 e. The van der Waals surface area contributed by atoms with E-state index in [1.807, 2.05) is 42.8 Å². The van der Waals surface area contributed by atoms with Crippen LogP contribution in [0.4, 0.5) is 0 Å². The van der Waals surface area contributed by atoms with E-state index >= 15 is 0 Å². The summed E-state index contributed by atoms with van der Waals surface area (Å²) in [5.41, 5.74) is 3.32. The predicted molar refractivity (Wildman–Crippen MR) is 115 cm³/mol. The zero-order chi connectivity index (χ0) is 21.2. The van der Waals surface area contributed by atoms with E-state index in [1.165, 1.54) is 5.56 Å². The van der Waals surface area contributed by atoms with Crippen molar-refractivity contribution in [2.24, 2.45) is 4.99 Å². The monoisotopic (exact) mass is 403 g/mol. The molecule has 2 N–H and O–H groups in total. The number of hydrogen-bond acceptors (Lipinski definition) is 5. The van der Waals surface area contributed by atoms with Gasteiger partial charge in [0.1, 0.15) is 17.6 Å². The molecule has 8 heteroatoms. The normalized spacial score (nSPS) is 12.6. The summed E-state index contributed by atoms with van der Waals surface area (Å²) < 4.78 is 18.3. The van der Waals surface area contributed by atoms with Gasteiger partial charge in [-0.05, 0) is 32.9 Å². The minimum absolute atomic E-state index is 0.0408. The van der Waals surface area contributed by atoms with Crippen LogP contribution < -0.4 is 20.1 Å².